The van der Waals surface area contributed by atoms with Crippen LogP contribution in [0.1, 0.15) is 38.3 Å². The van der Waals surface area contributed by atoms with Gasteiger partial charge in [-0.3, -0.25) is 0 Å². The van der Waals surface area contributed by atoms with Crippen molar-refractivity contribution in [1.29, 1.82) is 0 Å². The highest BCUT2D eigenvalue weighted by Crippen LogP contribution is 2.36. The normalized spacial score (nSPS) is 15.2. The summed E-state index contributed by atoms with van der Waals surface area (Å²) in [7, 11) is -0.578. The topological polar surface area (TPSA) is 102 Å². The van der Waals surface area contributed by atoms with Gasteiger partial charge in [0.2, 0.25) is 5.95 Å². The van der Waals surface area contributed by atoms with Crippen molar-refractivity contribution in [3.05, 3.63) is 71.2 Å². The van der Waals surface area contributed by atoms with E-state index in [1.54, 1.807) is 38.8 Å². The van der Waals surface area contributed by atoms with Gasteiger partial charge in [0.1, 0.15) is 28.7 Å². The van der Waals surface area contributed by atoms with Crippen LogP contribution in [0.3, 0.4) is 0 Å². The number of sulfonamides is 1. The monoisotopic (exact) mass is 650 g/mol. The number of hydrogen-bond donors (Lipinski definition) is 0. The van der Waals surface area contributed by atoms with Gasteiger partial charge < -0.3 is 24.0 Å². The van der Waals surface area contributed by atoms with E-state index < -0.39 is 56.6 Å². The van der Waals surface area contributed by atoms with Crippen LogP contribution < -0.4 is 18.7 Å². The van der Waals surface area contributed by atoms with Gasteiger partial charge in [-0.25, -0.2) is 31.3 Å². The van der Waals surface area contributed by atoms with Crippen molar-refractivity contribution in [2.75, 3.05) is 43.6 Å². The Balaban J connectivity index is 1.72. The summed E-state index contributed by atoms with van der Waals surface area (Å²) in [6, 6.07) is 8.72. The average molecular weight is 651 g/mol. The Hall–Kier alpha value is -4.20. The minimum atomic E-state index is -5.01. The number of likely N-dealkylation sites (tertiary alicyclic amines) is 1. The Morgan fingerprint density at radius 3 is 2.42 bits per heavy atom. The molecule has 3 aromatic rings. The van der Waals surface area contributed by atoms with Crippen molar-refractivity contribution in [3.8, 4) is 11.5 Å². The second-order valence-electron chi connectivity index (χ2n) is 11.6. The van der Waals surface area contributed by atoms with Gasteiger partial charge in [0.15, 0.2) is 10.7 Å². The molecular weight excluding hydrogens is 613 g/mol. The van der Waals surface area contributed by atoms with Gasteiger partial charge in [0.05, 0.1) is 20.8 Å². The molecule has 1 fully saturated rings. The van der Waals surface area contributed by atoms with Gasteiger partial charge in [-0.2, -0.15) is 4.39 Å². The van der Waals surface area contributed by atoms with Gasteiger partial charge >= 0.3 is 6.09 Å². The highest BCUT2D eigenvalue weighted by atomic mass is 32.2. The van der Waals surface area contributed by atoms with E-state index in [1.807, 2.05) is 0 Å². The molecule has 1 saturated heterocycles. The zero-order valence-electron chi connectivity index (χ0n) is 26.2. The number of halogens is 3. The highest BCUT2D eigenvalue weighted by Gasteiger charge is 2.37. The van der Waals surface area contributed by atoms with E-state index in [1.165, 1.54) is 50.3 Å². The second-order valence-corrected chi connectivity index (χ2v) is 13.4. The van der Waals surface area contributed by atoms with E-state index in [4.69, 9.17) is 14.2 Å². The SMILES string of the molecule is COc1ccc(CN(c2cccc(F)n2)S(=O)(=O)c2c(F)cc(N(C)C3CCN(C(=O)OC(C)(C)C)C3)c(C)c2F)c(OC)c1. The van der Waals surface area contributed by atoms with Gasteiger partial charge in [-0.15, -0.1) is 0 Å². The first-order valence-electron chi connectivity index (χ1n) is 14.1. The number of likely N-dealkylation sites (N-methyl/N-ethyl adjacent to an activating group) is 1. The highest BCUT2D eigenvalue weighted by molar-refractivity contribution is 7.92. The fourth-order valence-corrected chi connectivity index (χ4v) is 6.67. The summed E-state index contributed by atoms with van der Waals surface area (Å²) in [4.78, 5) is 18.2. The molecule has 1 atom stereocenters. The molecule has 2 aromatic carbocycles. The maximum Gasteiger partial charge on any atom is 0.410 e. The number of carbonyl (C=O) groups excluding carboxylic acids is 1. The van der Waals surface area contributed by atoms with Gasteiger partial charge in [0.25, 0.3) is 10.0 Å². The minimum absolute atomic E-state index is 0.118. The molecule has 1 aliphatic heterocycles. The number of ether oxygens (including phenoxy) is 3. The number of carbonyl (C=O) groups is 1. The van der Waals surface area contributed by atoms with Crippen molar-refractivity contribution in [3.63, 3.8) is 0 Å². The van der Waals surface area contributed by atoms with Crippen LogP contribution in [0.5, 0.6) is 11.5 Å². The van der Waals surface area contributed by atoms with E-state index in [9.17, 15) is 17.6 Å². The van der Waals surface area contributed by atoms with Crippen molar-refractivity contribution in [1.82, 2.24) is 9.88 Å². The van der Waals surface area contributed by atoms with Gasteiger partial charge in [-0.1, -0.05) is 6.07 Å². The third-order valence-corrected chi connectivity index (χ3v) is 9.23. The molecule has 1 aliphatic rings. The lowest BCUT2D eigenvalue weighted by Crippen LogP contribution is -2.39. The zero-order chi connectivity index (χ0) is 33.3. The zero-order valence-corrected chi connectivity index (χ0v) is 27.0. The summed E-state index contributed by atoms with van der Waals surface area (Å²) in [5.41, 5.74) is -0.384. The molecule has 0 N–H and O–H groups in total. The molecule has 45 heavy (non-hydrogen) atoms. The number of nitrogens with zero attached hydrogens (tertiary/aromatic N) is 4. The summed E-state index contributed by atoms with van der Waals surface area (Å²) < 4.78 is 91.0. The number of pyridine rings is 1. The Bertz CT molecular complexity index is 1680. The number of amides is 1. The van der Waals surface area contributed by atoms with Crippen molar-refractivity contribution in [2.24, 2.45) is 0 Å². The number of anilines is 2. The summed E-state index contributed by atoms with van der Waals surface area (Å²) in [5, 5.41) is 0. The first kappa shape index (κ1) is 33.7. The van der Waals surface area contributed by atoms with Crippen LogP contribution in [-0.4, -0.2) is 70.4 Å². The Kier molecular flexibility index (Phi) is 9.76. The summed E-state index contributed by atoms with van der Waals surface area (Å²) in [6.07, 6.45) is 0.00901. The molecule has 0 radical (unpaired) electrons. The fourth-order valence-electron chi connectivity index (χ4n) is 5.10. The van der Waals surface area contributed by atoms with Crippen LogP contribution in [0.15, 0.2) is 47.4 Å². The molecular formula is C31H37F3N4O6S. The summed E-state index contributed by atoms with van der Waals surface area (Å²) in [6.45, 7) is 6.75. The number of benzene rings is 2. The van der Waals surface area contributed by atoms with Gasteiger partial charge in [-0.05, 0) is 64.4 Å². The minimum Gasteiger partial charge on any atom is -0.497 e. The molecule has 1 aromatic heterocycles. The predicted octanol–water partition coefficient (Wildman–Crippen LogP) is 5.67. The van der Waals surface area contributed by atoms with Crippen molar-refractivity contribution >= 4 is 27.6 Å². The lowest BCUT2D eigenvalue weighted by Gasteiger charge is -2.30. The van der Waals surface area contributed by atoms with Crippen LogP contribution in [0.2, 0.25) is 0 Å². The van der Waals surface area contributed by atoms with E-state index in [0.717, 1.165) is 12.1 Å². The van der Waals surface area contributed by atoms with Crippen LogP contribution in [-0.2, 0) is 21.3 Å². The molecule has 0 bridgehead atoms. The number of methoxy groups -OCH3 is 2. The standard InChI is InChI=1S/C31H37F3N4O6S/c1-19-24(36(5)21-13-14-37(18-21)30(39)44-31(2,3)4)16-23(32)29(28(19)34)45(40,41)38(27-10-8-9-26(33)35-27)17-20-11-12-22(42-6)15-25(20)43-7/h8-12,15-16,21H,13-14,17-18H2,1-7H3. The quantitative estimate of drug-likeness (QED) is 0.274. The van der Waals surface area contributed by atoms with Crippen LogP contribution in [0.4, 0.5) is 29.5 Å². The number of hydrogen-bond acceptors (Lipinski definition) is 8. The van der Waals surface area contributed by atoms with E-state index in [-0.39, 0.29) is 29.6 Å². The van der Waals surface area contributed by atoms with E-state index in [0.29, 0.717) is 28.6 Å². The Morgan fingerprint density at radius 2 is 1.80 bits per heavy atom. The fraction of sp³-hybridized carbons (Fsp3) is 0.419. The number of rotatable bonds is 9. The van der Waals surface area contributed by atoms with Crippen molar-refractivity contribution in [2.45, 2.75) is 57.2 Å². The van der Waals surface area contributed by atoms with Crippen molar-refractivity contribution < 1.29 is 40.6 Å². The first-order valence-corrected chi connectivity index (χ1v) is 15.6. The lowest BCUT2D eigenvalue weighted by atomic mass is 10.1. The summed E-state index contributed by atoms with van der Waals surface area (Å²) >= 11 is 0. The smallest absolute Gasteiger partial charge is 0.410 e. The molecule has 2 heterocycles. The lowest BCUT2D eigenvalue weighted by molar-refractivity contribution is 0.0292. The second kappa shape index (κ2) is 13.0. The largest absolute Gasteiger partial charge is 0.497 e. The predicted molar refractivity (Wildman–Crippen MR) is 163 cm³/mol. The molecule has 244 valence electrons. The molecule has 10 nitrogen and oxygen atoms in total. The number of aromatic nitrogens is 1. The molecule has 0 aliphatic carbocycles. The maximum atomic E-state index is 16.1. The van der Waals surface area contributed by atoms with Crippen LogP contribution in [0.25, 0.3) is 0 Å². The van der Waals surface area contributed by atoms with E-state index >= 15 is 8.78 Å². The third kappa shape index (κ3) is 7.21. The molecule has 1 unspecified atom stereocenters. The molecule has 0 saturated carbocycles. The van der Waals surface area contributed by atoms with E-state index in [2.05, 4.69) is 4.98 Å². The molecule has 4 rings (SSSR count). The molecule has 14 heteroatoms. The van der Waals surface area contributed by atoms with Gasteiger partial charge in [0, 0.05) is 49.1 Å². The summed E-state index contributed by atoms with van der Waals surface area (Å²) in [5.74, 6) is -3.36. The first-order chi connectivity index (χ1) is 21.1. The average Bonchev–Trinajstić information content (AvgIpc) is 3.47. The molecule has 0 spiro atoms. The third-order valence-electron chi connectivity index (χ3n) is 7.45. The Labute approximate surface area is 261 Å². The Morgan fingerprint density at radius 1 is 1.09 bits per heavy atom. The van der Waals surface area contributed by atoms with Crippen LogP contribution in [0, 0.1) is 24.5 Å². The maximum absolute atomic E-state index is 16.1. The molecule has 1 amide bonds. The van der Waals surface area contributed by atoms with Crippen LogP contribution >= 0.6 is 0 Å².